The van der Waals surface area contributed by atoms with E-state index in [2.05, 4.69) is 10.6 Å². The van der Waals surface area contributed by atoms with Gasteiger partial charge in [0.1, 0.15) is 18.1 Å². The third kappa shape index (κ3) is 6.35. The van der Waals surface area contributed by atoms with Crippen molar-refractivity contribution in [2.45, 2.75) is 32.2 Å². The highest BCUT2D eigenvalue weighted by molar-refractivity contribution is 7.80. The highest BCUT2D eigenvalue weighted by atomic mass is 32.1. The van der Waals surface area contributed by atoms with Gasteiger partial charge in [-0.15, -0.1) is 0 Å². The Labute approximate surface area is 183 Å². The van der Waals surface area contributed by atoms with Crippen LogP contribution in [-0.4, -0.2) is 48.8 Å². The maximum atomic E-state index is 12.5. The fraction of sp³-hybridized carbons (Fsp3) is 0.391. The number of thiocarbonyl (C=S) groups is 1. The first-order valence-electron chi connectivity index (χ1n) is 10.3. The molecule has 0 aliphatic carbocycles. The Morgan fingerprint density at radius 1 is 1.03 bits per heavy atom. The van der Waals surface area contributed by atoms with Crippen LogP contribution in [0.2, 0.25) is 0 Å². The van der Waals surface area contributed by atoms with Crippen LogP contribution in [0.15, 0.2) is 48.5 Å². The number of nitrogens with zero attached hydrogens (tertiary/aromatic N) is 1. The molecular formula is C23H29N3O3S. The maximum absolute atomic E-state index is 12.5. The Balaban J connectivity index is 1.43. The number of hydrogen-bond donors (Lipinski definition) is 2. The number of hydrogen-bond acceptors (Lipinski definition) is 4. The van der Waals surface area contributed by atoms with Crippen molar-refractivity contribution in [1.82, 2.24) is 10.2 Å². The molecule has 7 heteroatoms. The van der Waals surface area contributed by atoms with Crippen molar-refractivity contribution in [1.29, 1.82) is 0 Å². The minimum Gasteiger partial charge on any atom is -0.497 e. The van der Waals surface area contributed by atoms with Gasteiger partial charge in [-0.2, -0.15) is 0 Å². The van der Waals surface area contributed by atoms with Gasteiger partial charge in [-0.1, -0.05) is 0 Å². The van der Waals surface area contributed by atoms with E-state index >= 15 is 0 Å². The van der Waals surface area contributed by atoms with Gasteiger partial charge in [0.15, 0.2) is 5.11 Å². The summed E-state index contributed by atoms with van der Waals surface area (Å²) in [6, 6.07) is 14.9. The lowest BCUT2D eigenvalue weighted by molar-refractivity contribution is 0.0724. The number of amides is 1. The lowest BCUT2D eigenvalue weighted by atomic mass is 10.1. The van der Waals surface area contributed by atoms with Gasteiger partial charge in [0.05, 0.1) is 13.2 Å². The van der Waals surface area contributed by atoms with Crippen LogP contribution in [-0.2, 0) is 0 Å². The molecule has 1 aliphatic rings. The normalized spacial score (nSPS) is 14.5. The summed E-state index contributed by atoms with van der Waals surface area (Å²) in [7, 11) is 1.63. The van der Waals surface area contributed by atoms with E-state index < -0.39 is 0 Å². The molecule has 30 heavy (non-hydrogen) atoms. The molecule has 2 aromatic carbocycles. The van der Waals surface area contributed by atoms with Crippen molar-refractivity contribution in [3.05, 3.63) is 54.1 Å². The Hall–Kier alpha value is -2.80. The number of methoxy groups -OCH3 is 1. The SMILES string of the molecule is COc1ccc(OC[C@H](C)NC(=S)Nc2ccc(C(=O)N3CCCCC3)cc2)cc1. The second kappa shape index (κ2) is 10.8. The molecule has 0 bridgehead atoms. The van der Waals surface area contributed by atoms with Crippen molar-refractivity contribution in [3.63, 3.8) is 0 Å². The molecule has 1 atom stereocenters. The van der Waals surface area contributed by atoms with E-state index in [0.717, 1.165) is 43.1 Å². The van der Waals surface area contributed by atoms with Crippen LogP contribution in [0.3, 0.4) is 0 Å². The fourth-order valence-corrected chi connectivity index (χ4v) is 3.62. The molecule has 1 saturated heterocycles. The smallest absolute Gasteiger partial charge is 0.253 e. The van der Waals surface area contributed by atoms with E-state index in [1.54, 1.807) is 7.11 Å². The molecule has 160 valence electrons. The highest BCUT2D eigenvalue weighted by Crippen LogP contribution is 2.17. The van der Waals surface area contributed by atoms with E-state index in [-0.39, 0.29) is 11.9 Å². The molecule has 6 nitrogen and oxygen atoms in total. The van der Waals surface area contributed by atoms with E-state index in [9.17, 15) is 4.79 Å². The van der Waals surface area contributed by atoms with Gasteiger partial charge >= 0.3 is 0 Å². The summed E-state index contributed by atoms with van der Waals surface area (Å²) in [5.74, 6) is 1.67. The number of likely N-dealkylation sites (tertiary alicyclic amines) is 1. The van der Waals surface area contributed by atoms with E-state index in [1.165, 1.54) is 6.42 Å². The van der Waals surface area contributed by atoms with Crippen molar-refractivity contribution in [2.75, 3.05) is 32.1 Å². The molecule has 1 amide bonds. The van der Waals surface area contributed by atoms with Crippen LogP contribution in [0, 0.1) is 0 Å². The number of nitrogens with one attached hydrogen (secondary N) is 2. The predicted molar refractivity (Wildman–Crippen MR) is 124 cm³/mol. The lowest BCUT2D eigenvalue weighted by Crippen LogP contribution is -2.39. The van der Waals surface area contributed by atoms with E-state index in [0.29, 0.717) is 17.3 Å². The zero-order valence-electron chi connectivity index (χ0n) is 17.5. The average molecular weight is 428 g/mol. The molecule has 2 N–H and O–H groups in total. The minimum atomic E-state index is 0.0204. The van der Waals surface area contributed by atoms with Crippen molar-refractivity contribution < 1.29 is 14.3 Å². The lowest BCUT2D eigenvalue weighted by Gasteiger charge is -2.26. The summed E-state index contributed by atoms with van der Waals surface area (Å²) in [6.45, 7) is 4.17. The summed E-state index contributed by atoms with van der Waals surface area (Å²) < 4.78 is 10.9. The third-order valence-electron chi connectivity index (χ3n) is 4.97. The van der Waals surface area contributed by atoms with Gasteiger partial charge in [0.2, 0.25) is 0 Å². The molecule has 3 rings (SSSR count). The Bertz CT molecular complexity index is 834. The molecule has 0 saturated carbocycles. The van der Waals surface area contributed by atoms with Crippen LogP contribution < -0.4 is 20.1 Å². The number of carbonyl (C=O) groups is 1. The zero-order valence-corrected chi connectivity index (χ0v) is 18.3. The molecule has 1 aliphatic heterocycles. The topological polar surface area (TPSA) is 62.8 Å². The minimum absolute atomic E-state index is 0.0204. The number of rotatable bonds is 7. The second-order valence-electron chi connectivity index (χ2n) is 7.42. The van der Waals surface area contributed by atoms with Gasteiger partial charge in [0, 0.05) is 24.3 Å². The quantitative estimate of drug-likeness (QED) is 0.650. The Kier molecular flexibility index (Phi) is 7.90. The number of ether oxygens (including phenoxy) is 2. The van der Waals surface area contributed by atoms with Gasteiger partial charge in [-0.05, 0) is 86.9 Å². The zero-order chi connectivity index (χ0) is 21.3. The first-order valence-corrected chi connectivity index (χ1v) is 10.7. The number of carbonyl (C=O) groups excluding carboxylic acids is 1. The molecule has 0 unspecified atom stereocenters. The van der Waals surface area contributed by atoms with Crippen LogP contribution in [0.25, 0.3) is 0 Å². The number of anilines is 1. The first-order chi connectivity index (χ1) is 14.5. The number of piperidine rings is 1. The van der Waals surface area contributed by atoms with Crippen molar-refractivity contribution >= 4 is 28.9 Å². The summed E-state index contributed by atoms with van der Waals surface area (Å²) in [4.78, 5) is 14.5. The number of benzene rings is 2. The predicted octanol–water partition coefficient (Wildman–Crippen LogP) is 4.08. The molecule has 0 aromatic heterocycles. The van der Waals surface area contributed by atoms with Crippen LogP contribution in [0.4, 0.5) is 5.69 Å². The van der Waals surface area contributed by atoms with Crippen molar-refractivity contribution in [2.24, 2.45) is 0 Å². The highest BCUT2D eigenvalue weighted by Gasteiger charge is 2.18. The summed E-state index contributed by atoms with van der Waals surface area (Å²) >= 11 is 5.39. The second-order valence-corrected chi connectivity index (χ2v) is 7.82. The van der Waals surface area contributed by atoms with Gasteiger partial charge in [0.25, 0.3) is 5.91 Å². The van der Waals surface area contributed by atoms with Crippen molar-refractivity contribution in [3.8, 4) is 11.5 Å². The largest absolute Gasteiger partial charge is 0.497 e. The van der Waals surface area contributed by atoms with Crippen LogP contribution in [0.1, 0.15) is 36.5 Å². The van der Waals surface area contributed by atoms with Crippen LogP contribution >= 0.6 is 12.2 Å². The van der Waals surface area contributed by atoms with Gasteiger partial charge in [-0.3, -0.25) is 4.79 Å². The molecular weight excluding hydrogens is 398 g/mol. The summed E-state index contributed by atoms with van der Waals surface area (Å²) in [5.41, 5.74) is 1.55. The molecule has 1 heterocycles. The van der Waals surface area contributed by atoms with Gasteiger partial charge < -0.3 is 25.0 Å². The maximum Gasteiger partial charge on any atom is 0.253 e. The molecule has 2 aromatic rings. The molecule has 0 radical (unpaired) electrons. The Morgan fingerprint density at radius 3 is 2.30 bits per heavy atom. The molecule has 1 fully saturated rings. The average Bonchev–Trinajstić information content (AvgIpc) is 2.78. The van der Waals surface area contributed by atoms with Gasteiger partial charge in [-0.25, -0.2) is 0 Å². The van der Waals surface area contributed by atoms with Crippen LogP contribution in [0.5, 0.6) is 11.5 Å². The third-order valence-corrected chi connectivity index (χ3v) is 5.19. The monoisotopic (exact) mass is 427 g/mol. The Morgan fingerprint density at radius 2 is 1.67 bits per heavy atom. The van der Waals surface area contributed by atoms with E-state index in [4.69, 9.17) is 21.7 Å². The standard InChI is InChI=1S/C23H29N3O3S/c1-17(16-29-21-12-10-20(28-2)11-13-21)24-23(30)25-19-8-6-18(7-9-19)22(27)26-14-4-3-5-15-26/h6-13,17H,3-5,14-16H2,1-2H3,(H2,24,25,30)/t17-/m0/s1. The summed E-state index contributed by atoms with van der Waals surface area (Å²) in [6.07, 6.45) is 3.39. The first kappa shape index (κ1) is 21.9. The fourth-order valence-electron chi connectivity index (χ4n) is 3.30. The molecule has 0 spiro atoms. The summed E-state index contributed by atoms with van der Waals surface area (Å²) in [5, 5.41) is 6.87. The van der Waals surface area contributed by atoms with E-state index in [1.807, 2.05) is 60.4 Å².